The summed E-state index contributed by atoms with van der Waals surface area (Å²) < 4.78 is 47.0. The van der Waals surface area contributed by atoms with Gasteiger partial charge in [0.2, 0.25) is 5.95 Å². The normalized spacial score (nSPS) is 21.0. The predicted molar refractivity (Wildman–Crippen MR) is 122 cm³/mol. The van der Waals surface area contributed by atoms with Crippen LogP contribution in [0.3, 0.4) is 0 Å². The van der Waals surface area contributed by atoms with E-state index >= 15 is 4.39 Å². The summed E-state index contributed by atoms with van der Waals surface area (Å²) in [5.41, 5.74) is 8.77. The lowest BCUT2D eigenvalue weighted by atomic mass is 9.76. The van der Waals surface area contributed by atoms with Gasteiger partial charge in [-0.1, -0.05) is 12.1 Å². The maximum atomic E-state index is 15.5. The third-order valence-electron chi connectivity index (χ3n) is 6.49. The zero-order valence-corrected chi connectivity index (χ0v) is 18.2. The highest BCUT2D eigenvalue weighted by Crippen LogP contribution is 2.54. The van der Waals surface area contributed by atoms with Crippen molar-refractivity contribution in [3.8, 4) is 22.6 Å². The Balaban J connectivity index is 1.59. The number of nitrogens with two attached hydrogens (primary N) is 1. The standard InChI is InChI=1S/C26H21F2N3O3/c27-21-13-17(16-3-2-9-32-14-16)12-20-23(21)34-22-6-5-15(18-4-1-8-30-24(18)28)11-19(22)26(20)7-10-33-25(29)31-26/h1,3-6,8,11-13H,2,7,9-10,14H2,(H2,29,31). The predicted octanol–water partition coefficient (Wildman–Crippen LogP) is 4.91. The maximum Gasteiger partial charge on any atom is 0.283 e. The lowest BCUT2D eigenvalue weighted by Crippen LogP contribution is -2.39. The van der Waals surface area contributed by atoms with Crippen LogP contribution in [-0.2, 0) is 15.0 Å². The van der Waals surface area contributed by atoms with Crippen molar-refractivity contribution in [2.75, 3.05) is 19.8 Å². The summed E-state index contributed by atoms with van der Waals surface area (Å²) in [6.45, 7) is 1.34. The number of hydrogen-bond donors (Lipinski definition) is 1. The van der Waals surface area contributed by atoms with Gasteiger partial charge in [-0.3, -0.25) is 0 Å². The first-order valence-electron chi connectivity index (χ1n) is 11.1. The Morgan fingerprint density at radius 1 is 1.00 bits per heavy atom. The third-order valence-corrected chi connectivity index (χ3v) is 6.49. The Hall–Kier alpha value is -3.78. The van der Waals surface area contributed by atoms with Gasteiger partial charge in [-0.25, -0.2) is 14.4 Å². The molecular formula is C26H21F2N3O3. The molecule has 3 aromatic rings. The minimum absolute atomic E-state index is 0.00837. The van der Waals surface area contributed by atoms with Crippen molar-refractivity contribution in [1.29, 1.82) is 0 Å². The Labute approximate surface area is 194 Å². The van der Waals surface area contributed by atoms with E-state index in [1.807, 2.05) is 12.1 Å². The molecule has 0 radical (unpaired) electrons. The maximum absolute atomic E-state index is 15.5. The van der Waals surface area contributed by atoms with E-state index in [9.17, 15) is 4.39 Å². The van der Waals surface area contributed by atoms with Gasteiger partial charge in [-0.2, -0.15) is 4.39 Å². The van der Waals surface area contributed by atoms with Crippen LogP contribution in [-0.4, -0.2) is 30.8 Å². The lowest BCUT2D eigenvalue weighted by Gasteiger charge is -2.40. The fourth-order valence-corrected chi connectivity index (χ4v) is 4.88. The SMILES string of the molecule is NC1=NC2(CCO1)c1cc(-c3cccnc3F)ccc1Oc1c(F)cc(C3=CCCOC3)cc12. The summed E-state index contributed by atoms with van der Waals surface area (Å²) in [6.07, 6.45) is 4.63. The quantitative estimate of drug-likeness (QED) is 0.549. The highest BCUT2D eigenvalue weighted by atomic mass is 19.1. The van der Waals surface area contributed by atoms with Crippen molar-refractivity contribution in [3.05, 3.63) is 83.2 Å². The Kier molecular flexibility index (Phi) is 4.84. The molecule has 0 aliphatic carbocycles. The van der Waals surface area contributed by atoms with Gasteiger partial charge in [0.1, 0.15) is 11.3 Å². The first-order valence-corrected chi connectivity index (χ1v) is 11.1. The first-order chi connectivity index (χ1) is 16.5. The minimum atomic E-state index is -1.05. The molecule has 3 aliphatic heterocycles. The molecule has 0 saturated carbocycles. The Morgan fingerprint density at radius 3 is 2.68 bits per heavy atom. The molecule has 2 aromatic carbocycles. The largest absolute Gasteiger partial charge is 0.465 e. The van der Waals surface area contributed by atoms with Crippen molar-refractivity contribution in [1.82, 2.24) is 4.98 Å². The number of fused-ring (bicyclic) bond motifs is 4. The fraction of sp³-hybridized carbons (Fsp3) is 0.231. The van der Waals surface area contributed by atoms with E-state index < -0.39 is 17.3 Å². The van der Waals surface area contributed by atoms with E-state index in [2.05, 4.69) is 11.1 Å². The molecule has 172 valence electrons. The number of hydrogen-bond acceptors (Lipinski definition) is 6. The number of amidine groups is 1. The molecule has 3 aliphatic rings. The van der Waals surface area contributed by atoms with Crippen molar-refractivity contribution in [2.45, 2.75) is 18.4 Å². The number of aromatic nitrogens is 1. The van der Waals surface area contributed by atoms with Gasteiger partial charge >= 0.3 is 0 Å². The van der Waals surface area contributed by atoms with Crippen LogP contribution in [0.5, 0.6) is 11.5 Å². The average Bonchev–Trinajstić information content (AvgIpc) is 2.86. The first kappa shape index (κ1) is 20.8. The number of pyridine rings is 1. The number of ether oxygens (including phenoxy) is 3. The minimum Gasteiger partial charge on any atom is -0.465 e. The summed E-state index contributed by atoms with van der Waals surface area (Å²) in [4.78, 5) is 8.47. The van der Waals surface area contributed by atoms with Crippen LogP contribution in [0.2, 0.25) is 0 Å². The zero-order chi connectivity index (χ0) is 23.3. The van der Waals surface area contributed by atoms with Gasteiger partial charge in [-0.05, 0) is 59.5 Å². The molecule has 0 fully saturated rings. The van der Waals surface area contributed by atoms with Crippen molar-refractivity contribution in [2.24, 2.45) is 10.7 Å². The summed E-state index contributed by atoms with van der Waals surface area (Å²) in [5, 5.41) is 0. The molecular weight excluding hydrogens is 440 g/mol. The molecule has 1 aromatic heterocycles. The molecule has 0 bridgehead atoms. The van der Waals surface area contributed by atoms with Gasteiger partial charge in [0, 0.05) is 29.3 Å². The molecule has 0 amide bonds. The van der Waals surface area contributed by atoms with Gasteiger partial charge < -0.3 is 19.9 Å². The summed E-state index contributed by atoms with van der Waals surface area (Å²) in [5.74, 6) is -0.536. The van der Waals surface area contributed by atoms with Crippen LogP contribution in [0, 0.1) is 11.8 Å². The second kappa shape index (κ2) is 7.92. The van der Waals surface area contributed by atoms with Gasteiger partial charge in [0.05, 0.1) is 19.8 Å². The Bertz CT molecular complexity index is 1370. The van der Waals surface area contributed by atoms with Crippen molar-refractivity contribution in [3.63, 3.8) is 0 Å². The molecule has 6 rings (SSSR count). The van der Waals surface area contributed by atoms with Crippen LogP contribution >= 0.6 is 0 Å². The topological polar surface area (TPSA) is 79.0 Å². The molecule has 4 heterocycles. The van der Waals surface area contributed by atoms with Crippen LogP contribution in [0.15, 0.2) is 59.7 Å². The number of benzene rings is 2. The van der Waals surface area contributed by atoms with E-state index in [1.54, 1.807) is 24.3 Å². The van der Waals surface area contributed by atoms with E-state index in [-0.39, 0.29) is 18.4 Å². The van der Waals surface area contributed by atoms with Crippen LogP contribution in [0.1, 0.15) is 29.5 Å². The number of rotatable bonds is 2. The van der Waals surface area contributed by atoms with E-state index in [1.165, 1.54) is 12.3 Å². The highest BCUT2D eigenvalue weighted by molar-refractivity contribution is 5.77. The van der Waals surface area contributed by atoms with E-state index in [0.717, 1.165) is 12.0 Å². The van der Waals surface area contributed by atoms with E-state index in [0.29, 0.717) is 53.2 Å². The molecule has 2 N–H and O–H groups in total. The van der Waals surface area contributed by atoms with Crippen LogP contribution in [0.4, 0.5) is 8.78 Å². The second-order valence-electron chi connectivity index (χ2n) is 8.47. The van der Waals surface area contributed by atoms with E-state index in [4.69, 9.17) is 24.9 Å². The van der Waals surface area contributed by atoms with Gasteiger partial charge in [-0.15, -0.1) is 0 Å². The molecule has 0 saturated heterocycles. The summed E-state index contributed by atoms with van der Waals surface area (Å²) in [6, 6.07) is 11.9. The molecule has 1 spiro atoms. The number of aliphatic imine (C=N–C) groups is 1. The summed E-state index contributed by atoms with van der Waals surface area (Å²) >= 11 is 0. The van der Waals surface area contributed by atoms with Crippen molar-refractivity contribution < 1.29 is 23.0 Å². The fourth-order valence-electron chi connectivity index (χ4n) is 4.88. The van der Waals surface area contributed by atoms with Crippen LogP contribution < -0.4 is 10.5 Å². The number of nitrogens with zero attached hydrogens (tertiary/aromatic N) is 2. The van der Waals surface area contributed by atoms with Crippen molar-refractivity contribution >= 4 is 11.6 Å². The van der Waals surface area contributed by atoms with Gasteiger partial charge in [0.25, 0.3) is 6.02 Å². The Morgan fingerprint density at radius 2 is 1.88 bits per heavy atom. The average molecular weight is 461 g/mol. The number of halogens is 2. The van der Waals surface area contributed by atoms with Crippen LogP contribution in [0.25, 0.3) is 16.7 Å². The smallest absolute Gasteiger partial charge is 0.283 e. The zero-order valence-electron chi connectivity index (χ0n) is 18.2. The third kappa shape index (κ3) is 3.25. The highest BCUT2D eigenvalue weighted by Gasteiger charge is 2.46. The monoisotopic (exact) mass is 461 g/mol. The van der Waals surface area contributed by atoms with Gasteiger partial charge in [0.15, 0.2) is 11.6 Å². The lowest BCUT2D eigenvalue weighted by molar-refractivity contribution is 0.164. The molecule has 8 heteroatoms. The molecule has 6 nitrogen and oxygen atoms in total. The second-order valence-corrected chi connectivity index (χ2v) is 8.47. The summed E-state index contributed by atoms with van der Waals surface area (Å²) in [7, 11) is 0. The molecule has 1 atom stereocenters. The molecule has 1 unspecified atom stereocenters. The molecule has 34 heavy (non-hydrogen) atoms.